The maximum absolute atomic E-state index is 13.5. The van der Waals surface area contributed by atoms with Gasteiger partial charge in [-0.1, -0.05) is 42.5 Å². The monoisotopic (exact) mass is 593 g/mol. The summed E-state index contributed by atoms with van der Waals surface area (Å²) in [5.41, 5.74) is 10.8. The molecule has 0 amide bonds. The zero-order chi connectivity index (χ0) is 31.2. The summed E-state index contributed by atoms with van der Waals surface area (Å²) in [6.45, 7) is 0.837. The second-order valence-corrected chi connectivity index (χ2v) is 10.2. The first-order chi connectivity index (χ1) is 21.3. The first-order valence-corrected chi connectivity index (χ1v) is 13.9. The molecule has 0 aliphatic carbocycles. The van der Waals surface area contributed by atoms with Gasteiger partial charge in [0.2, 0.25) is 0 Å². The van der Waals surface area contributed by atoms with Gasteiger partial charge in [-0.3, -0.25) is 9.59 Å². The lowest BCUT2D eigenvalue weighted by molar-refractivity contribution is 0.0991. The number of aromatic nitrogens is 2. The van der Waals surface area contributed by atoms with Gasteiger partial charge in [-0.2, -0.15) is 0 Å². The fourth-order valence-corrected chi connectivity index (χ4v) is 4.95. The molecule has 0 saturated heterocycles. The summed E-state index contributed by atoms with van der Waals surface area (Å²) >= 11 is 0. The van der Waals surface area contributed by atoms with E-state index in [1.807, 2.05) is 48.5 Å². The van der Waals surface area contributed by atoms with Gasteiger partial charge in [-0.15, -0.1) is 0 Å². The normalized spacial score (nSPS) is 10.9. The molecule has 5 rings (SSSR count). The van der Waals surface area contributed by atoms with E-state index >= 15 is 0 Å². The van der Waals surface area contributed by atoms with Crippen LogP contribution in [0, 0.1) is 5.82 Å². The molecule has 0 radical (unpaired) electrons. The fraction of sp³-hybridized carbons (Fsp3) is 0.171. The number of ether oxygens (including phenoxy) is 3. The third-order valence-electron chi connectivity index (χ3n) is 7.35. The lowest BCUT2D eigenvalue weighted by Crippen LogP contribution is -2.22. The molecule has 2 N–H and O–H groups in total. The smallest absolute Gasteiger partial charge is 0.200 e. The Balaban J connectivity index is 1.41. The van der Waals surface area contributed by atoms with Gasteiger partial charge in [0.1, 0.15) is 11.6 Å². The first kappa shape index (κ1) is 30.2. The van der Waals surface area contributed by atoms with Crippen molar-refractivity contribution in [3.8, 4) is 44.9 Å². The van der Waals surface area contributed by atoms with E-state index in [1.54, 1.807) is 44.5 Å². The SMILES string of the molecule is COCCn1cc(C(=O)Cc2ccc(-c3cc(-c4ccc(OC)c(OC)c4)cnc3N)cc2)c(=O)c(-c2ccc(F)cc2)c1. The van der Waals surface area contributed by atoms with Crippen LogP contribution in [0.3, 0.4) is 0 Å². The maximum Gasteiger partial charge on any atom is 0.200 e. The van der Waals surface area contributed by atoms with Crippen LogP contribution >= 0.6 is 0 Å². The van der Waals surface area contributed by atoms with Crippen LogP contribution in [0.4, 0.5) is 10.2 Å². The van der Waals surface area contributed by atoms with E-state index in [9.17, 15) is 14.0 Å². The van der Waals surface area contributed by atoms with E-state index in [0.717, 1.165) is 27.8 Å². The van der Waals surface area contributed by atoms with Crippen LogP contribution in [0.1, 0.15) is 15.9 Å². The molecule has 5 aromatic rings. The number of anilines is 1. The zero-order valence-corrected chi connectivity index (χ0v) is 24.7. The first-order valence-electron chi connectivity index (χ1n) is 13.9. The summed E-state index contributed by atoms with van der Waals surface area (Å²) in [4.78, 5) is 31.3. The van der Waals surface area contributed by atoms with E-state index in [-0.39, 0.29) is 17.8 Å². The molecule has 3 aromatic carbocycles. The maximum atomic E-state index is 13.5. The largest absolute Gasteiger partial charge is 0.493 e. The average Bonchev–Trinajstić information content (AvgIpc) is 3.05. The van der Waals surface area contributed by atoms with E-state index in [4.69, 9.17) is 19.9 Å². The van der Waals surface area contributed by atoms with Crippen molar-refractivity contribution >= 4 is 11.6 Å². The molecule has 0 fully saturated rings. The number of benzene rings is 3. The van der Waals surface area contributed by atoms with E-state index in [2.05, 4.69) is 4.98 Å². The minimum absolute atomic E-state index is 0.0199. The Bertz CT molecular complexity index is 1850. The van der Waals surface area contributed by atoms with Crippen LogP contribution < -0.4 is 20.6 Å². The van der Waals surface area contributed by atoms with Crippen LogP contribution in [0.15, 0.2) is 96.2 Å². The summed E-state index contributed by atoms with van der Waals surface area (Å²) in [6, 6.07) is 20.6. The highest BCUT2D eigenvalue weighted by molar-refractivity contribution is 5.98. The van der Waals surface area contributed by atoms with E-state index in [0.29, 0.717) is 41.6 Å². The van der Waals surface area contributed by atoms with Crippen molar-refractivity contribution in [2.75, 3.05) is 33.7 Å². The van der Waals surface area contributed by atoms with Gasteiger partial charge in [0.15, 0.2) is 22.7 Å². The Morgan fingerprint density at radius 2 is 1.48 bits per heavy atom. The highest BCUT2D eigenvalue weighted by Crippen LogP contribution is 2.35. The van der Waals surface area contributed by atoms with Gasteiger partial charge in [0.05, 0.1) is 26.4 Å². The molecule has 0 atom stereocenters. The Labute approximate surface area is 254 Å². The molecule has 0 aliphatic rings. The molecule has 224 valence electrons. The molecule has 2 aromatic heterocycles. The molecule has 0 aliphatic heterocycles. The third-order valence-corrected chi connectivity index (χ3v) is 7.35. The molecule has 0 unspecified atom stereocenters. The zero-order valence-electron chi connectivity index (χ0n) is 24.7. The van der Waals surface area contributed by atoms with Gasteiger partial charge >= 0.3 is 0 Å². The van der Waals surface area contributed by atoms with Gasteiger partial charge in [-0.05, 0) is 52.6 Å². The number of nitrogens with two attached hydrogens (primary N) is 1. The Morgan fingerprint density at radius 1 is 0.818 bits per heavy atom. The summed E-state index contributed by atoms with van der Waals surface area (Å²) < 4.78 is 31.3. The Kier molecular flexibility index (Phi) is 9.16. The lowest BCUT2D eigenvalue weighted by atomic mass is 9.97. The van der Waals surface area contributed by atoms with Gasteiger partial charge < -0.3 is 24.5 Å². The number of hydrogen-bond acceptors (Lipinski definition) is 7. The second kappa shape index (κ2) is 13.4. The number of carbonyl (C=O) groups is 1. The van der Waals surface area contributed by atoms with Crippen molar-refractivity contribution in [2.24, 2.45) is 0 Å². The Hall–Kier alpha value is -5.28. The highest BCUT2D eigenvalue weighted by Gasteiger charge is 2.17. The number of pyridine rings is 2. The van der Waals surface area contributed by atoms with Crippen LogP contribution in [0.2, 0.25) is 0 Å². The van der Waals surface area contributed by atoms with E-state index in [1.165, 1.54) is 24.3 Å². The van der Waals surface area contributed by atoms with Gasteiger partial charge in [0.25, 0.3) is 0 Å². The summed E-state index contributed by atoms with van der Waals surface area (Å²) in [7, 11) is 4.75. The average molecular weight is 594 g/mol. The number of nitrogen functional groups attached to an aromatic ring is 1. The third kappa shape index (κ3) is 6.53. The molecule has 2 heterocycles. The molecular weight excluding hydrogens is 561 g/mol. The summed E-state index contributed by atoms with van der Waals surface area (Å²) in [5, 5.41) is 0. The van der Waals surface area contributed by atoms with Crippen molar-refractivity contribution in [2.45, 2.75) is 13.0 Å². The topological polar surface area (TPSA) is 106 Å². The van der Waals surface area contributed by atoms with Crippen molar-refractivity contribution in [1.82, 2.24) is 9.55 Å². The molecule has 0 spiro atoms. The summed E-state index contributed by atoms with van der Waals surface area (Å²) in [6.07, 6.45) is 4.94. The standard InChI is InChI=1S/C35H32FN3O5/c1-42-15-14-39-20-29(24-8-11-27(36)12-9-24)34(41)30(21-39)31(40)16-22-4-6-23(7-5-22)28-17-26(19-38-35(28)37)25-10-13-32(43-2)33(18-25)44-3/h4-13,17-21H,14-16H2,1-3H3,(H2,37,38). The number of ketones is 1. The van der Waals surface area contributed by atoms with Gasteiger partial charge in [-0.25, -0.2) is 9.37 Å². The second-order valence-electron chi connectivity index (χ2n) is 10.2. The number of rotatable bonds is 11. The number of nitrogens with zero attached hydrogens (tertiary/aromatic N) is 2. The molecule has 0 bridgehead atoms. The van der Waals surface area contributed by atoms with Gasteiger partial charge in [0, 0.05) is 55.4 Å². The number of carbonyl (C=O) groups excluding carboxylic acids is 1. The fourth-order valence-electron chi connectivity index (χ4n) is 4.95. The van der Waals surface area contributed by atoms with Crippen molar-refractivity contribution in [3.05, 3.63) is 119 Å². The molecular formula is C35H32FN3O5. The van der Waals surface area contributed by atoms with Crippen molar-refractivity contribution in [1.29, 1.82) is 0 Å². The van der Waals surface area contributed by atoms with Crippen LogP contribution in [-0.4, -0.2) is 43.3 Å². The highest BCUT2D eigenvalue weighted by atomic mass is 19.1. The molecule has 0 saturated carbocycles. The molecule has 44 heavy (non-hydrogen) atoms. The van der Waals surface area contributed by atoms with Crippen LogP contribution in [-0.2, 0) is 17.7 Å². The number of methoxy groups -OCH3 is 3. The quantitative estimate of drug-likeness (QED) is 0.186. The predicted octanol–water partition coefficient (Wildman–Crippen LogP) is 6.05. The Morgan fingerprint density at radius 3 is 2.16 bits per heavy atom. The van der Waals surface area contributed by atoms with Crippen LogP contribution in [0.25, 0.3) is 33.4 Å². The van der Waals surface area contributed by atoms with Crippen molar-refractivity contribution in [3.63, 3.8) is 0 Å². The molecule has 9 heteroatoms. The number of Topliss-reactive ketones (excluding diaryl/α,β-unsaturated/α-hetero) is 1. The summed E-state index contributed by atoms with van der Waals surface area (Å²) in [5.74, 6) is 0.864. The van der Waals surface area contributed by atoms with E-state index < -0.39 is 11.2 Å². The predicted molar refractivity (Wildman–Crippen MR) is 169 cm³/mol. The minimum atomic E-state index is -0.408. The minimum Gasteiger partial charge on any atom is -0.493 e. The number of hydrogen-bond donors (Lipinski definition) is 1. The van der Waals surface area contributed by atoms with Crippen LogP contribution in [0.5, 0.6) is 11.5 Å². The number of halogens is 1. The lowest BCUT2D eigenvalue weighted by Gasteiger charge is -2.13. The molecule has 8 nitrogen and oxygen atoms in total. The van der Waals surface area contributed by atoms with Crippen molar-refractivity contribution < 1.29 is 23.4 Å².